The van der Waals surface area contributed by atoms with Crippen LogP contribution in [0.4, 0.5) is 0 Å². The maximum absolute atomic E-state index is 14.8. The fourth-order valence-electron chi connectivity index (χ4n) is 4.91. The number of aliphatic hydroxyl groups is 1. The van der Waals surface area contributed by atoms with E-state index in [1.54, 1.807) is 39.0 Å². The molecule has 0 aromatic heterocycles. The van der Waals surface area contributed by atoms with Crippen LogP contribution in [0.1, 0.15) is 69.3 Å². The molecule has 5 aromatic rings. The maximum atomic E-state index is 14.8. The Morgan fingerprint density at radius 3 is 1.45 bits per heavy atom. The minimum absolute atomic E-state index is 0.0923. The molecule has 0 bridgehead atoms. The molecule has 0 spiro atoms. The van der Waals surface area contributed by atoms with Crippen LogP contribution in [0, 0.1) is 0 Å². The fraction of sp³-hybridized carbons (Fsp3) is 0.200. The summed E-state index contributed by atoms with van der Waals surface area (Å²) in [5, 5.41) is 10.4. The third-order valence-electron chi connectivity index (χ3n) is 7.15. The quantitative estimate of drug-likeness (QED) is 0.104. The van der Waals surface area contributed by atoms with Crippen LogP contribution in [0.2, 0.25) is 0 Å². The lowest BCUT2D eigenvalue weighted by Gasteiger charge is -2.22. The average molecular weight is 631 g/mol. The number of aliphatic hydroxyl groups excluding tert-OH is 1. The Balaban J connectivity index is 1.63. The zero-order chi connectivity index (χ0) is 33.2. The van der Waals surface area contributed by atoms with Crippen LogP contribution in [0.3, 0.4) is 0 Å². The molecule has 0 unspecified atom stereocenters. The summed E-state index contributed by atoms with van der Waals surface area (Å²) in [6, 6.07) is 36.7. The first-order valence-electron chi connectivity index (χ1n) is 15.4. The van der Waals surface area contributed by atoms with E-state index in [9.17, 15) is 14.7 Å². The summed E-state index contributed by atoms with van der Waals surface area (Å²) < 4.78 is 24.5. The number of carbonyl (C=O) groups is 2. The van der Waals surface area contributed by atoms with Crippen LogP contribution < -0.4 is 14.2 Å². The van der Waals surface area contributed by atoms with Gasteiger partial charge in [0.05, 0.1) is 17.7 Å². The molecule has 7 heteroatoms. The number of ether oxygens (including phenoxy) is 4. The topological polar surface area (TPSA) is 91.3 Å². The van der Waals surface area contributed by atoms with Crippen molar-refractivity contribution >= 4 is 11.8 Å². The van der Waals surface area contributed by atoms with Gasteiger partial charge in [0, 0.05) is 0 Å². The molecule has 0 aliphatic heterocycles. The fourth-order valence-corrected chi connectivity index (χ4v) is 4.91. The minimum atomic E-state index is -0.757. The summed E-state index contributed by atoms with van der Waals surface area (Å²) in [7, 11) is 0. The highest BCUT2D eigenvalue weighted by Gasteiger charge is 2.29. The Morgan fingerprint density at radius 2 is 1.02 bits per heavy atom. The molecule has 0 fully saturated rings. The molecule has 0 aliphatic carbocycles. The van der Waals surface area contributed by atoms with E-state index in [-0.39, 0.29) is 48.0 Å². The first-order chi connectivity index (χ1) is 22.7. The molecular formula is C40H38O7. The van der Waals surface area contributed by atoms with Crippen molar-refractivity contribution < 1.29 is 33.6 Å². The molecule has 0 saturated carbocycles. The van der Waals surface area contributed by atoms with Crippen molar-refractivity contribution in [3.05, 3.63) is 160 Å². The molecular weight excluding hydrogens is 592 g/mol. The van der Waals surface area contributed by atoms with Gasteiger partial charge in [-0.15, -0.1) is 0 Å². The van der Waals surface area contributed by atoms with Gasteiger partial charge in [-0.2, -0.15) is 0 Å². The SMILES string of the molecule is CC(C)(C)OC(=O)c1cc(OCc2ccccc2)c(C(=O)c2c(CO)cccc2OCc2ccccc2)c(OCc2ccccc2)c1. The summed E-state index contributed by atoms with van der Waals surface area (Å²) in [5.41, 5.74) is 2.69. The van der Waals surface area contributed by atoms with Crippen molar-refractivity contribution in [3.63, 3.8) is 0 Å². The van der Waals surface area contributed by atoms with E-state index in [1.165, 1.54) is 12.1 Å². The van der Waals surface area contributed by atoms with E-state index in [4.69, 9.17) is 18.9 Å². The largest absolute Gasteiger partial charge is 0.488 e. The number of esters is 1. The van der Waals surface area contributed by atoms with E-state index >= 15 is 0 Å². The maximum Gasteiger partial charge on any atom is 0.338 e. The molecule has 7 nitrogen and oxygen atoms in total. The Hall–Kier alpha value is -5.40. The van der Waals surface area contributed by atoms with Crippen molar-refractivity contribution in [1.82, 2.24) is 0 Å². The molecule has 1 N–H and O–H groups in total. The number of rotatable bonds is 13. The minimum Gasteiger partial charge on any atom is -0.488 e. The summed E-state index contributed by atoms with van der Waals surface area (Å²) >= 11 is 0. The second-order valence-electron chi connectivity index (χ2n) is 11.9. The van der Waals surface area contributed by atoms with Gasteiger partial charge in [-0.25, -0.2) is 4.79 Å². The van der Waals surface area contributed by atoms with Gasteiger partial charge in [0.2, 0.25) is 5.78 Å². The van der Waals surface area contributed by atoms with Crippen molar-refractivity contribution in [2.45, 2.75) is 52.8 Å². The van der Waals surface area contributed by atoms with Crippen LogP contribution in [0.15, 0.2) is 121 Å². The van der Waals surface area contributed by atoms with Gasteiger partial charge in [0.25, 0.3) is 0 Å². The summed E-state index contributed by atoms with van der Waals surface area (Å²) in [4.78, 5) is 28.1. The Bertz CT molecular complexity index is 1730. The molecule has 0 aliphatic rings. The van der Waals surface area contributed by atoms with E-state index in [1.807, 2.05) is 91.0 Å². The van der Waals surface area contributed by atoms with Crippen LogP contribution in [-0.2, 0) is 31.2 Å². The highest BCUT2D eigenvalue weighted by molar-refractivity contribution is 6.15. The molecule has 0 radical (unpaired) electrons. The number of carbonyl (C=O) groups excluding carboxylic acids is 2. The lowest BCUT2D eigenvalue weighted by Crippen LogP contribution is -2.24. The van der Waals surface area contributed by atoms with Crippen molar-refractivity contribution in [3.8, 4) is 17.2 Å². The third-order valence-corrected chi connectivity index (χ3v) is 7.15. The highest BCUT2D eigenvalue weighted by atomic mass is 16.6. The number of ketones is 1. The van der Waals surface area contributed by atoms with E-state index in [0.717, 1.165) is 16.7 Å². The molecule has 0 heterocycles. The van der Waals surface area contributed by atoms with Crippen LogP contribution >= 0.6 is 0 Å². The lowest BCUT2D eigenvalue weighted by atomic mass is 9.95. The average Bonchev–Trinajstić information content (AvgIpc) is 3.08. The molecule has 0 atom stereocenters. The van der Waals surface area contributed by atoms with Gasteiger partial charge in [0.1, 0.15) is 48.2 Å². The zero-order valence-electron chi connectivity index (χ0n) is 26.8. The van der Waals surface area contributed by atoms with E-state index in [2.05, 4.69) is 0 Å². The van der Waals surface area contributed by atoms with Crippen LogP contribution in [-0.4, -0.2) is 22.5 Å². The predicted octanol–water partition coefficient (Wildman–Crippen LogP) is 8.10. The monoisotopic (exact) mass is 630 g/mol. The van der Waals surface area contributed by atoms with Crippen LogP contribution in [0.5, 0.6) is 17.2 Å². The zero-order valence-corrected chi connectivity index (χ0v) is 26.8. The van der Waals surface area contributed by atoms with Crippen molar-refractivity contribution in [1.29, 1.82) is 0 Å². The Morgan fingerprint density at radius 1 is 0.574 bits per heavy atom. The van der Waals surface area contributed by atoms with E-state index in [0.29, 0.717) is 11.3 Å². The second kappa shape index (κ2) is 15.3. The Kier molecular flexibility index (Phi) is 10.7. The molecule has 47 heavy (non-hydrogen) atoms. The smallest absolute Gasteiger partial charge is 0.338 e. The van der Waals surface area contributed by atoms with Crippen LogP contribution in [0.25, 0.3) is 0 Å². The van der Waals surface area contributed by atoms with Crippen molar-refractivity contribution in [2.24, 2.45) is 0 Å². The number of benzene rings is 5. The number of hydrogen-bond donors (Lipinski definition) is 1. The molecule has 5 rings (SSSR count). The predicted molar refractivity (Wildman–Crippen MR) is 180 cm³/mol. The number of hydrogen-bond acceptors (Lipinski definition) is 7. The highest BCUT2D eigenvalue weighted by Crippen LogP contribution is 2.38. The molecule has 240 valence electrons. The normalized spacial score (nSPS) is 11.1. The summed E-state index contributed by atoms with van der Waals surface area (Å²) in [5.74, 6) is -0.517. The van der Waals surface area contributed by atoms with Crippen molar-refractivity contribution in [2.75, 3.05) is 0 Å². The van der Waals surface area contributed by atoms with Gasteiger partial charge < -0.3 is 24.1 Å². The standard InChI is InChI=1S/C40H38O7/c1-40(2,3)47-39(43)32-22-34(45-26-29-16-9-5-10-17-29)37(35(23-32)46-27-30-18-11-6-12-19-30)38(42)36-31(24-41)20-13-21-33(36)44-25-28-14-7-4-8-15-28/h4-23,41H,24-27H2,1-3H3. The molecule has 0 saturated heterocycles. The van der Waals surface area contributed by atoms with E-state index < -0.39 is 24.0 Å². The van der Waals surface area contributed by atoms with Gasteiger partial charge in [-0.05, 0) is 61.2 Å². The molecule has 0 amide bonds. The van der Waals surface area contributed by atoms with Gasteiger partial charge in [0.15, 0.2) is 0 Å². The summed E-state index contributed by atoms with van der Waals surface area (Å²) in [6.45, 7) is 5.40. The first kappa shape index (κ1) is 33.0. The first-order valence-corrected chi connectivity index (χ1v) is 15.4. The van der Waals surface area contributed by atoms with Gasteiger partial charge in [-0.3, -0.25) is 4.79 Å². The third kappa shape index (κ3) is 8.87. The second-order valence-corrected chi connectivity index (χ2v) is 11.9. The lowest BCUT2D eigenvalue weighted by molar-refractivity contribution is 0.00682. The van der Waals surface area contributed by atoms with Gasteiger partial charge >= 0.3 is 5.97 Å². The van der Waals surface area contributed by atoms with Gasteiger partial charge in [-0.1, -0.05) is 103 Å². The summed E-state index contributed by atoms with van der Waals surface area (Å²) in [6.07, 6.45) is 0. The molecule has 5 aromatic carbocycles. The Labute approximate surface area is 275 Å².